The van der Waals surface area contributed by atoms with Gasteiger partial charge < -0.3 is 0 Å². The Labute approximate surface area is 485 Å². The summed E-state index contributed by atoms with van der Waals surface area (Å²) in [6.45, 7) is 63.0. The summed E-state index contributed by atoms with van der Waals surface area (Å²) in [5.74, 6) is 7.19. The van der Waals surface area contributed by atoms with E-state index in [2.05, 4.69) is 301 Å². The largest absolute Gasteiger partial charge is 0.282 e. The summed E-state index contributed by atoms with van der Waals surface area (Å²) in [6.07, 6.45) is 15.0. The molecule has 5 heterocycles. The lowest BCUT2D eigenvalue weighted by atomic mass is 9.96. The SMILES string of the molecule is CC(C)C.CC(C)C1=CCC(C(C)C)=C1.CC(C)C1=NC=CC1.CC(C)c1cc(C(C)C)[nH]n1.CC(C)c1cccc(C(C)C)c1.CC(C)c1ccn(C(C)C)n1.CC(C)c1cn(C(C)C)nn1.CC(C)c1n[nH]nc1C(C)C. The molecule has 0 fully saturated rings. The molecule has 446 valence electrons. The molecule has 4 aromatic heterocycles. The first kappa shape index (κ1) is 73.8. The fraction of sp³-hybridized carbons (Fsp3) is 0.662. The van der Waals surface area contributed by atoms with E-state index in [1.807, 2.05) is 28.0 Å². The average molecular weight is 1090 g/mol. The third-order valence-electron chi connectivity index (χ3n) is 12.8. The van der Waals surface area contributed by atoms with Gasteiger partial charge in [-0.3, -0.25) is 14.8 Å². The first-order valence-electron chi connectivity index (χ1n) is 30.4. The molecule has 0 atom stereocenters. The van der Waals surface area contributed by atoms with Crippen molar-refractivity contribution in [3.8, 4) is 0 Å². The second-order valence-electron chi connectivity index (χ2n) is 25.8. The molecule has 0 bridgehead atoms. The van der Waals surface area contributed by atoms with Crippen molar-refractivity contribution in [3.63, 3.8) is 0 Å². The molecular formula is C68H119N11. The molecule has 1 aliphatic carbocycles. The predicted molar refractivity (Wildman–Crippen MR) is 344 cm³/mol. The Balaban J connectivity index is 0.000000890. The van der Waals surface area contributed by atoms with Crippen LogP contribution in [0.3, 0.4) is 0 Å². The van der Waals surface area contributed by atoms with E-state index in [1.54, 1.807) is 5.57 Å². The summed E-state index contributed by atoms with van der Waals surface area (Å²) in [4.78, 5) is 4.17. The maximum atomic E-state index is 4.43. The Morgan fingerprint density at radius 3 is 1.24 bits per heavy atom. The van der Waals surface area contributed by atoms with E-state index in [4.69, 9.17) is 0 Å². The van der Waals surface area contributed by atoms with E-state index in [-0.39, 0.29) is 0 Å². The molecule has 7 rings (SSSR count). The van der Waals surface area contributed by atoms with E-state index in [1.165, 1.54) is 40.2 Å². The van der Waals surface area contributed by atoms with Crippen LogP contribution in [-0.2, 0) is 0 Å². The number of aromatic amines is 2. The fourth-order valence-electron chi connectivity index (χ4n) is 7.21. The quantitative estimate of drug-likeness (QED) is 0.121. The molecule has 79 heavy (non-hydrogen) atoms. The number of hydrogen-bond acceptors (Lipinski definition) is 7. The van der Waals surface area contributed by atoms with Crippen LogP contribution < -0.4 is 0 Å². The van der Waals surface area contributed by atoms with Crippen molar-refractivity contribution in [2.75, 3.05) is 0 Å². The second-order valence-corrected chi connectivity index (χ2v) is 25.8. The van der Waals surface area contributed by atoms with E-state index in [0.717, 1.165) is 41.0 Å². The van der Waals surface area contributed by atoms with Gasteiger partial charge >= 0.3 is 0 Å². The van der Waals surface area contributed by atoms with Gasteiger partial charge in [-0.2, -0.15) is 25.6 Å². The molecule has 1 aliphatic heterocycles. The summed E-state index contributed by atoms with van der Waals surface area (Å²) in [6, 6.07) is 14.0. The lowest BCUT2D eigenvalue weighted by Gasteiger charge is -2.09. The number of nitrogens with one attached hydrogen (secondary N) is 2. The highest BCUT2D eigenvalue weighted by Crippen LogP contribution is 2.28. The highest BCUT2D eigenvalue weighted by Gasteiger charge is 2.15. The molecule has 0 radical (unpaired) electrons. The van der Waals surface area contributed by atoms with Crippen LogP contribution in [0.15, 0.2) is 89.4 Å². The van der Waals surface area contributed by atoms with Gasteiger partial charge in [0, 0.05) is 48.5 Å². The number of allylic oxidation sites excluding steroid dienone is 5. The molecule has 0 saturated heterocycles. The Morgan fingerprint density at radius 2 is 0.975 bits per heavy atom. The van der Waals surface area contributed by atoms with Crippen LogP contribution in [0, 0.1) is 23.7 Å². The van der Waals surface area contributed by atoms with Crippen LogP contribution in [0.25, 0.3) is 0 Å². The highest BCUT2D eigenvalue weighted by atomic mass is 15.4. The van der Waals surface area contributed by atoms with Gasteiger partial charge in [-0.05, 0) is 134 Å². The molecule has 5 aromatic rings. The number of rotatable bonds is 13. The van der Waals surface area contributed by atoms with E-state index >= 15 is 0 Å². The monoisotopic (exact) mass is 1090 g/mol. The van der Waals surface area contributed by atoms with Crippen molar-refractivity contribution >= 4 is 5.71 Å². The Hall–Kier alpha value is -5.19. The minimum absolute atomic E-state index is 0.412. The molecule has 0 spiro atoms. The number of H-pyrrole nitrogens is 2. The van der Waals surface area contributed by atoms with Crippen molar-refractivity contribution in [1.82, 2.24) is 50.4 Å². The lowest BCUT2D eigenvalue weighted by Crippen LogP contribution is -2.02. The predicted octanol–water partition coefficient (Wildman–Crippen LogP) is 20.4. The van der Waals surface area contributed by atoms with Gasteiger partial charge in [-0.25, -0.2) is 4.68 Å². The fourth-order valence-corrected chi connectivity index (χ4v) is 7.21. The third kappa shape index (κ3) is 30.3. The number of aromatic nitrogens is 10. The zero-order valence-corrected chi connectivity index (χ0v) is 56.0. The minimum Gasteiger partial charge on any atom is -0.282 e. The lowest BCUT2D eigenvalue weighted by molar-refractivity contribution is 0.514. The first-order valence-corrected chi connectivity index (χ1v) is 30.4. The molecule has 0 amide bonds. The third-order valence-corrected chi connectivity index (χ3v) is 12.8. The Bertz CT molecular complexity index is 2230. The molecule has 1 aromatic carbocycles. The van der Waals surface area contributed by atoms with E-state index in [0.29, 0.717) is 71.3 Å². The zero-order valence-electron chi connectivity index (χ0n) is 56.0. The molecule has 2 aliphatic rings. The van der Waals surface area contributed by atoms with Gasteiger partial charge in [0.25, 0.3) is 0 Å². The van der Waals surface area contributed by atoms with Crippen LogP contribution in [0.5, 0.6) is 0 Å². The van der Waals surface area contributed by atoms with Crippen LogP contribution in [-0.4, -0.2) is 56.1 Å². The standard InChI is InChI=1S/C12H18.C11H18.2C9H16N2.2C8H15N3.C7H11N.C4H10/c1-9(2)11-6-5-7-12(8-11)10(3)4;1-8(2)10-5-6-11(7-10)9(3)4;1-7(2)9-5-6-11(10-9)8(3)4;1-6(2)8-5-9(7(3)4)11-10-8;1-6(2)8-5-11(7(3)4)10-9-8;1-5(2)7-8(6(3)4)10-11-9-7;1-6(2)7-4-3-5-8-7;1-4(2)3/h5-10H,1-4H3;5,7-9H,6H2,1-4H3;5-8H,1-4H3;5-7H,1-4H3,(H,10,11);5-7H,1-4H3;5-6H,1-4H3,(H,9,10,11);3,5-6H,4H2,1-2H3;4H,1-3H3. The Morgan fingerprint density at radius 1 is 0.468 bits per heavy atom. The van der Waals surface area contributed by atoms with Gasteiger partial charge in [0.05, 0.1) is 28.5 Å². The van der Waals surface area contributed by atoms with Crippen LogP contribution in [0.4, 0.5) is 0 Å². The number of benzene rings is 1. The summed E-state index contributed by atoms with van der Waals surface area (Å²) in [5, 5.41) is 30.6. The maximum absolute atomic E-state index is 4.43. The normalized spacial score (nSPS) is 12.8. The van der Waals surface area contributed by atoms with Crippen molar-refractivity contribution in [2.45, 2.75) is 273 Å². The summed E-state index contributed by atoms with van der Waals surface area (Å²) in [5.41, 5.74) is 14.1. The van der Waals surface area contributed by atoms with E-state index < -0.39 is 0 Å². The van der Waals surface area contributed by atoms with Crippen molar-refractivity contribution in [3.05, 3.63) is 130 Å². The summed E-state index contributed by atoms with van der Waals surface area (Å²) >= 11 is 0. The van der Waals surface area contributed by atoms with Gasteiger partial charge in [0.2, 0.25) is 0 Å². The molecular weight excluding hydrogens is 971 g/mol. The van der Waals surface area contributed by atoms with E-state index in [9.17, 15) is 0 Å². The molecule has 11 heteroatoms. The first-order chi connectivity index (χ1) is 36.7. The molecule has 2 N–H and O–H groups in total. The van der Waals surface area contributed by atoms with Gasteiger partial charge in [-0.1, -0.05) is 226 Å². The maximum Gasteiger partial charge on any atom is 0.0884 e. The van der Waals surface area contributed by atoms with Crippen LogP contribution >= 0.6 is 0 Å². The smallest absolute Gasteiger partial charge is 0.0884 e. The van der Waals surface area contributed by atoms with Crippen molar-refractivity contribution in [2.24, 2.45) is 28.7 Å². The zero-order chi connectivity index (χ0) is 60.9. The number of nitrogens with zero attached hydrogens (tertiary/aromatic N) is 9. The number of aliphatic imine (C=N–C) groups is 1. The van der Waals surface area contributed by atoms with Crippen LogP contribution in [0.2, 0.25) is 0 Å². The summed E-state index contributed by atoms with van der Waals surface area (Å²) in [7, 11) is 0. The Kier molecular flexibility index (Phi) is 35.9. The molecule has 11 nitrogen and oxygen atoms in total. The topological polar surface area (TPSA) is 131 Å². The molecule has 0 saturated carbocycles. The van der Waals surface area contributed by atoms with Gasteiger partial charge in [-0.15, -0.1) is 5.10 Å². The highest BCUT2D eigenvalue weighted by molar-refractivity contribution is 5.89. The van der Waals surface area contributed by atoms with Crippen molar-refractivity contribution < 1.29 is 0 Å². The average Bonchev–Trinajstić information content (AvgIpc) is 4.23. The second kappa shape index (κ2) is 38.5. The number of hydrogen-bond donors (Lipinski definition) is 2. The van der Waals surface area contributed by atoms with Gasteiger partial charge in [0.15, 0.2) is 0 Å². The van der Waals surface area contributed by atoms with Crippen molar-refractivity contribution in [1.29, 1.82) is 0 Å². The van der Waals surface area contributed by atoms with Gasteiger partial charge in [0.1, 0.15) is 0 Å². The minimum atomic E-state index is 0.412. The molecule has 0 unspecified atom stereocenters. The summed E-state index contributed by atoms with van der Waals surface area (Å²) < 4.78 is 3.88. The van der Waals surface area contributed by atoms with Crippen LogP contribution in [0.1, 0.15) is 318 Å².